The summed E-state index contributed by atoms with van der Waals surface area (Å²) >= 11 is 0. The van der Waals surface area contributed by atoms with Crippen molar-refractivity contribution in [3.8, 4) is 0 Å². The van der Waals surface area contributed by atoms with Gasteiger partial charge in [0.15, 0.2) is 9.84 Å². The van der Waals surface area contributed by atoms with E-state index in [2.05, 4.69) is 0 Å². The number of ether oxygens (including phenoxy) is 1. The van der Waals surface area contributed by atoms with Gasteiger partial charge < -0.3 is 9.64 Å². The molecule has 0 aromatic carbocycles. The van der Waals surface area contributed by atoms with E-state index in [0.29, 0.717) is 24.6 Å². The summed E-state index contributed by atoms with van der Waals surface area (Å²) in [5.74, 6) is 0.599. The maximum atomic E-state index is 11.9. The third-order valence-electron chi connectivity index (χ3n) is 3.95. The molecular weight excluding hydrogens is 266 g/mol. The predicted molar refractivity (Wildman–Crippen MR) is 72.7 cm³/mol. The van der Waals surface area contributed by atoms with E-state index < -0.39 is 15.4 Å². The van der Waals surface area contributed by atoms with Gasteiger partial charge in [0.05, 0.1) is 11.5 Å². The predicted octanol–water partition coefficient (Wildman–Crippen LogP) is 1.82. The summed E-state index contributed by atoms with van der Waals surface area (Å²) in [5.41, 5.74) is -0.569. The Morgan fingerprint density at radius 3 is 2.16 bits per heavy atom. The first-order valence-corrected chi connectivity index (χ1v) is 8.61. The molecule has 0 saturated carbocycles. The number of rotatable bonds is 0. The van der Waals surface area contributed by atoms with Crippen molar-refractivity contribution in [3.05, 3.63) is 0 Å². The number of hydrogen-bond acceptors (Lipinski definition) is 4. The van der Waals surface area contributed by atoms with Crippen molar-refractivity contribution in [1.29, 1.82) is 0 Å². The van der Waals surface area contributed by atoms with Crippen LogP contribution in [0.3, 0.4) is 0 Å². The molecular formula is C13H23NO4S. The van der Waals surface area contributed by atoms with Crippen molar-refractivity contribution in [3.63, 3.8) is 0 Å². The Labute approximate surface area is 115 Å². The van der Waals surface area contributed by atoms with E-state index in [1.54, 1.807) is 4.90 Å². The van der Waals surface area contributed by atoms with E-state index in [9.17, 15) is 13.2 Å². The highest BCUT2D eigenvalue weighted by Crippen LogP contribution is 2.41. The molecule has 0 radical (unpaired) electrons. The Morgan fingerprint density at radius 1 is 1.16 bits per heavy atom. The highest BCUT2D eigenvalue weighted by Gasteiger charge is 2.44. The molecule has 0 aromatic heterocycles. The largest absolute Gasteiger partial charge is 0.444 e. The molecule has 19 heavy (non-hydrogen) atoms. The van der Waals surface area contributed by atoms with Gasteiger partial charge in [-0.1, -0.05) is 0 Å². The van der Waals surface area contributed by atoms with E-state index in [-0.39, 0.29) is 11.5 Å². The Bertz CT molecular complexity index is 456. The lowest BCUT2D eigenvalue weighted by Gasteiger charge is -2.38. The van der Waals surface area contributed by atoms with Gasteiger partial charge in [-0.25, -0.2) is 13.2 Å². The van der Waals surface area contributed by atoms with Crippen LogP contribution in [0, 0.1) is 5.41 Å². The highest BCUT2D eigenvalue weighted by atomic mass is 32.2. The van der Waals surface area contributed by atoms with Crippen LogP contribution in [0.5, 0.6) is 0 Å². The van der Waals surface area contributed by atoms with Crippen LogP contribution in [-0.2, 0) is 14.6 Å². The summed E-state index contributed by atoms with van der Waals surface area (Å²) in [6.45, 7) is 6.74. The third kappa shape index (κ3) is 3.61. The quantitative estimate of drug-likeness (QED) is 0.682. The first-order chi connectivity index (χ1) is 8.61. The normalized spacial score (nSPS) is 25.5. The Balaban J connectivity index is 1.91. The van der Waals surface area contributed by atoms with Gasteiger partial charge >= 0.3 is 6.09 Å². The second-order valence-corrected chi connectivity index (χ2v) is 8.99. The molecule has 6 heteroatoms. The molecule has 0 atom stereocenters. The second kappa shape index (κ2) is 4.65. The van der Waals surface area contributed by atoms with E-state index >= 15 is 0 Å². The van der Waals surface area contributed by atoms with Gasteiger partial charge in [-0.15, -0.1) is 0 Å². The van der Waals surface area contributed by atoms with Crippen molar-refractivity contribution >= 4 is 15.9 Å². The molecule has 5 nitrogen and oxygen atoms in total. The fraction of sp³-hybridized carbons (Fsp3) is 0.923. The molecule has 2 rings (SSSR count). The summed E-state index contributed by atoms with van der Waals surface area (Å²) < 4.78 is 28.5. The van der Waals surface area contributed by atoms with Crippen molar-refractivity contribution in [2.24, 2.45) is 5.41 Å². The molecule has 2 aliphatic heterocycles. The van der Waals surface area contributed by atoms with Crippen LogP contribution in [0.2, 0.25) is 0 Å². The Morgan fingerprint density at radius 2 is 1.74 bits per heavy atom. The minimum atomic E-state index is -2.86. The van der Waals surface area contributed by atoms with Gasteiger partial charge in [0.1, 0.15) is 5.60 Å². The molecule has 0 bridgehead atoms. The van der Waals surface area contributed by atoms with Crippen LogP contribution in [0.4, 0.5) is 4.79 Å². The van der Waals surface area contributed by atoms with E-state index in [0.717, 1.165) is 19.3 Å². The van der Waals surface area contributed by atoms with Gasteiger partial charge in [-0.2, -0.15) is 0 Å². The third-order valence-corrected chi connectivity index (χ3v) is 5.82. The number of hydrogen-bond donors (Lipinski definition) is 0. The minimum absolute atomic E-state index is 0.0860. The zero-order valence-electron chi connectivity index (χ0n) is 11.9. The maximum absolute atomic E-state index is 11.9. The summed E-state index contributed by atoms with van der Waals surface area (Å²) in [5, 5.41) is 0. The SMILES string of the molecule is CC(C)(C)OC(=O)N1CCC2(CC1)CCS(=O)(=O)C2. The van der Waals surface area contributed by atoms with Gasteiger partial charge in [-0.3, -0.25) is 0 Å². The maximum Gasteiger partial charge on any atom is 0.410 e. The molecule has 1 spiro atoms. The lowest BCUT2D eigenvalue weighted by atomic mass is 9.78. The molecule has 110 valence electrons. The number of nitrogens with zero attached hydrogens (tertiary/aromatic N) is 1. The van der Waals surface area contributed by atoms with Crippen LogP contribution in [0.15, 0.2) is 0 Å². The number of sulfone groups is 1. The lowest BCUT2D eigenvalue weighted by molar-refractivity contribution is 0.0126. The van der Waals surface area contributed by atoms with Crippen molar-refractivity contribution < 1.29 is 17.9 Å². The van der Waals surface area contributed by atoms with Crippen LogP contribution >= 0.6 is 0 Å². The summed E-state index contributed by atoms with van der Waals surface area (Å²) in [7, 11) is -2.86. The number of likely N-dealkylation sites (tertiary alicyclic amines) is 1. The van der Waals surface area contributed by atoms with Gasteiger partial charge in [0.2, 0.25) is 0 Å². The van der Waals surface area contributed by atoms with Gasteiger partial charge in [-0.05, 0) is 45.4 Å². The van der Waals surface area contributed by atoms with Crippen LogP contribution < -0.4 is 0 Å². The number of piperidine rings is 1. The van der Waals surface area contributed by atoms with Gasteiger partial charge in [0.25, 0.3) is 0 Å². The van der Waals surface area contributed by atoms with E-state index in [4.69, 9.17) is 4.74 Å². The molecule has 0 aromatic rings. The molecule has 2 aliphatic rings. The average molecular weight is 289 g/mol. The first-order valence-electron chi connectivity index (χ1n) is 6.79. The lowest BCUT2D eigenvalue weighted by Crippen LogP contribution is -2.45. The van der Waals surface area contributed by atoms with Crippen molar-refractivity contribution in [1.82, 2.24) is 4.90 Å². The smallest absolute Gasteiger partial charge is 0.410 e. The number of carbonyl (C=O) groups is 1. The zero-order valence-corrected chi connectivity index (χ0v) is 12.8. The van der Waals surface area contributed by atoms with Crippen LogP contribution in [0.25, 0.3) is 0 Å². The van der Waals surface area contributed by atoms with E-state index in [1.165, 1.54) is 0 Å². The average Bonchev–Trinajstić information content (AvgIpc) is 2.53. The van der Waals surface area contributed by atoms with Crippen LogP contribution in [0.1, 0.15) is 40.0 Å². The fourth-order valence-electron chi connectivity index (χ4n) is 2.87. The highest BCUT2D eigenvalue weighted by molar-refractivity contribution is 7.91. The second-order valence-electron chi connectivity index (χ2n) is 6.81. The Hall–Kier alpha value is -0.780. The van der Waals surface area contributed by atoms with Crippen molar-refractivity contribution in [2.45, 2.75) is 45.6 Å². The van der Waals surface area contributed by atoms with Crippen LogP contribution in [-0.4, -0.2) is 49.6 Å². The summed E-state index contributed by atoms with van der Waals surface area (Å²) in [6.07, 6.45) is 2.00. The molecule has 0 N–H and O–H groups in total. The molecule has 0 aliphatic carbocycles. The topological polar surface area (TPSA) is 63.7 Å². The molecule has 1 amide bonds. The summed E-state index contributed by atoms with van der Waals surface area (Å²) in [4.78, 5) is 13.6. The van der Waals surface area contributed by atoms with Crippen molar-refractivity contribution in [2.75, 3.05) is 24.6 Å². The number of carbonyl (C=O) groups excluding carboxylic acids is 1. The molecule has 2 saturated heterocycles. The number of amides is 1. The first kappa shape index (κ1) is 14.6. The standard InChI is InChI=1S/C13H23NO4S/c1-12(2,3)18-11(15)14-7-4-13(5-8-14)6-9-19(16,17)10-13/h4-10H2,1-3H3. The Kier molecular flexibility index (Phi) is 3.58. The minimum Gasteiger partial charge on any atom is -0.444 e. The van der Waals surface area contributed by atoms with E-state index in [1.807, 2.05) is 20.8 Å². The monoisotopic (exact) mass is 289 g/mol. The van der Waals surface area contributed by atoms with Gasteiger partial charge in [0, 0.05) is 13.1 Å². The fourth-order valence-corrected chi connectivity index (χ4v) is 5.12. The summed E-state index contributed by atoms with van der Waals surface area (Å²) in [6, 6.07) is 0. The molecule has 2 fully saturated rings. The zero-order chi connectivity index (χ0) is 14.3. The molecule has 0 unspecified atom stereocenters. The molecule has 2 heterocycles.